The summed E-state index contributed by atoms with van der Waals surface area (Å²) >= 11 is 0. The van der Waals surface area contributed by atoms with E-state index in [9.17, 15) is 9.18 Å². The first-order valence-corrected chi connectivity index (χ1v) is 9.01. The molecule has 0 amide bonds. The first-order chi connectivity index (χ1) is 13.5. The number of aromatic nitrogens is 3. The van der Waals surface area contributed by atoms with Crippen molar-refractivity contribution in [1.82, 2.24) is 14.8 Å². The van der Waals surface area contributed by atoms with Crippen molar-refractivity contribution in [3.63, 3.8) is 0 Å². The van der Waals surface area contributed by atoms with Crippen molar-refractivity contribution in [2.45, 2.75) is 32.4 Å². The van der Waals surface area contributed by atoms with Gasteiger partial charge >= 0.3 is 5.97 Å². The molecule has 7 nitrogen and oxygen atoms in total. The summed E-state index contributed by atoms with van der Waals surface area (Å²) < 4.78 is 26.2. The van der Waals surface area contributed by atoms with E-state index in [-0.39, 0.29) is 6.10 Å². The molecule has 1 aliphatic rings. The Kier molecular flexibility index (Phi) is 6.20. The van der Waals surface area contributed by atoms with Gasteiger partial charge in [0.05, 0.1) is 37.2 Å². The number of esters is 1. The molecule has 1 saturated heterocycles. The maximum Gasteiger partial charge on any atom is 0.340 e. The second-order valence-corrected chi connectivity index (χ2v) is 6.44. The molecule has 0 saturated carbocycles. The lowest BCUT2D eigenvalue weighted by atomic mass is 10.2. The molecule has 3 heterocycles. The Bertz CT molecular complexity index is 901. The molecule has 0 aliphatic carbocycles. The zero-order valence-corrected chi connectivity index (χ0v) is 15.9. The van der Waals surface area contributed by atoms with E-state index in [2.05, 4.69) is 22.0 Å². The van der Waals surface area contributed by atoms with Crippen molar-refractivity contribution in [1.29, 1.82) is 0 Å². The van der Waals surface area contributed by atoms with Gasteiger partial charge in [0.1, 0.15) is 5.83 Å². The molecule has 2 aromatic rings. The molecule has 0 bridgehead atoms. The van der Waals surface area contributed by atoms with E-state index in [4.69, 9.17) is 9.47 Å². The molecule has 1 unspecified atom stereocenters. The number of hydrogen-bond donors (Lipinski definition) is 1. The summed E-state index contributed by atoms with van der Waals surface area (Å²) in [4.78, 5) is 16.1. The number of nitrogens with zero attached hydrogens (tertiary/aromatic N) is 3. The van der Waals surface area contributed by atoms with E-state index in [0.717, 1.165) is 31.2 Å². The number of hydrogen-bond acceptors (Lipinski definition) is 6. The van der Waals surface area contributed by atoms with E-state index in [1.54, 1.807) is 10.7 Å². The number of anilines is 2. The van der Waals surface area contributed by atoms with Crippen LogP contribution in [-0.4, -0.2) is 40.6 Å². The van der Waals surface area contributed by atoms with Crippen molar-refractivity contribution >= 4 is 23.6 Å². The highest BCUT2D eigenvalue weighted by Gasteiger charge is 2.21. The summed E-state index contributed by atoms with van der Waals surface area (Å²) in [7, 11) is 1.31. The van der Waals surface area contributed by atoms with Gasteiger partial charge in [0.25, 0.3) is 0 Å². The highest BCUT2D eigenvalue weighted by molar-refractivity contribution is 5.96. The monoisotopic (exact) mass is 386 g/mol. The zero-order valence-electron chi connectivity index (χ0n) is 15.9. The standard InChI is InChI=1S/C20H23FN4O3/c1-4-14(21)10-17-13(2)25(12-15-6-5-9-28-15)24-19(17)23-18-11-22-8-7-16(18)20(26)27-3/h4,7-8,10-11,15H,1,5-6,9,12H2,2-3H3,(H,23,24)/b14-10+. The molecule has 148 valence electrons. The zero-order chi connectivity index (χ0) is 20.1. The van der Waals surface area contributed by atoms with Crippen LogP contribution in [0.4, 0.5) is 15.9 Å². The fraction of sp³-hybridized carbons (Fsp3) is 0.350. The number of nitrogens with one attached hydrogen (secondary N) is 1. The summed E-state index contributed by atoms with van der Waals surface area (Å²) in [5.41, 5.74) is 2.07. The van der Waals surface area contributed by atoms with Gasteiger partial charge in [-0.3, -0.25) is 9.67 Å². The molecule has 0 aromatic carbocycles. The number of halogens is 1. The summed E-state index contributed by atoms with van der Waals surface area (Å²) in [6.45, 7) is 6.63. The van der Waals surface area contributed by atoms with Crippen molar-refractivity contribution in [3.05, 3.63) is 53.8 Å². The number of carbonyl (C=O) groups excluding carboxylic acids is 1. The molecule has 1 fully saturated rings. The smallest absolute Gasteiger partial charge is 0.340 e. The average Bonchev–Trinajstić information content (AvgIpc) is 3.32. The van der Waals surface area contributed by atoms with Crippen molar-refractivity contribution < 1.29 is 18.7 Å². The molecule has 28 heavy (non-hydrogen) atoms. The molecular weight excluding hydrogens is 363 g/mol. The summed E-state index contributed by atoms with van der Waals surface area (Å²) in [5.74, 6) is -0.581. The Morgan fingerprint density at radius 2 is 2.39 bits per heavy atom. The van der Waals surface area contributed by atoms with Gasteiger partial charge in [-0.15, -0.1) is 0 Å². The minimum atomic E-state index is -0.505. The summed E-state index contributed by atoms with van der Waals surface area (Å²) in [5, 5.41) is 7.67. The van der Waals surface area contributed by atoms with Crippen molar-refractivity contribution in [2.75, 3.05) is 19.0 Å². The van der Waals surface area contributed by atoms with Crippen LogP contribution in [0, 0.1) is 6.92 Å². The van der Waals surface area contributed by atoms with Crippen LogP contribution in [0.25, 0.3) is 6.08 Å². The van der Waals surface area contributed by atoms with Crippen LogP contribution in [-0.2, 0) is 16.0 Å². The lowest BCUT2D eigenvalue weighted by molar-refractivity contribution is 0.0601. The first kappa shape index (κ1) is 19.8. The second-order valence-electron chi connectivity index (χ2n) is 6.44. The van der Waals surface area contributed by atoms with Crippen LogP contribution in [0.15, 0.2) is 36.9 Å². The summed E-state index contributed by atoms with van der Waals surface area (Å²) in [6, 6.07) is 1.55. The number of allylic oxidation sites excluding steroid dienone is 2. The topological polar surface area (TPSA) is 78.3 Å². The molecule has 0 radical (unpaired) electrons. The Hall–Kier alpha value is -3.00. The quantitative estimate of drug-likeness (QED) is 0.576. The molecule has 1 atom stereocenters. The molecule has 8 heteroatoms. The minimum absolute atomic E-state index is 0.0801. The number of carbonyl (C=O) groups is 1. The van der Waals surface area contributed by atoms with Crippen LogP contribution in [0.5, 0.6) is 0 Å². The number of pyridine rings is 1. The maximum atomic E-state index is 14.0. The van der Waals surface area contributed by atoms with Crippen LogP contribution < -0.4 is 5.32 Å². The Morgan fingerprint density at radius 1 is 1.57 bits per heavy atom. The fourth-order valence-electron chi connectivity index (χ4n) is 3.09. The predicted octanol–water partition coefficient (Wildman–Crippen LogP) is 3.79. The van der Waals surface area contributed by atoms with Gasteiger partial charge in [0.15, 0.2) is 5.82 Å². The Balaban J connectivity index is 1.99. The molecule has 1 N–H and O–H groups in total. The number of ether oxygens (including phenoxy) is 2. The molecule has 3 rings (SSSR count). The van der Waals surface area contributed by atoms with E-state index in [0.29, 0.717) is 29.2 Å². The summed E-state index contributed by atoms with van der Waals surface area (Å²) in [6.07, 6.45) is 7.55. The lowest BCUT2D eigenvalue weighted by Gasteiger charge is -2.10. The predicted molar refractivity (Wildman–Crippen MR) is 104 cm³/mol. The Labute approximate surface area is 162 Å². The maximum absolute atomic E-state index is 14.0. The average molecular weight is 386 g/mol. The third-order valence-corrected chi connectivity index (χ3v) is 4.61. The van der Waals surface area contributed by atoms with Gasteiger partial charge in [0.2, 0.25) is 0 Å². The molecule has 0 spiro atoms. The van der Waals surface area contributed by atoms with Crippen LogP contribution in [0.1, 0.15) is 34.5 Å². The third kappa shape index (κ3) is 4.28. The molecule has 1 aliphatic heterocycles. The highest BCUT2D eigenvalue weighted by atomic mass is 19.1. The van der Waals surface area contributed by atoms with E-state index < -0.39 is 11.8 Å². The fourth-order valence-corrected chi connectivity index (χ4v) is 3.09. The van der Waals surface area contributed by atoms with Gasteiger partial charge in [-0.05, 0) is 38.0 Å². The lowest BCUT2D eigenvalue weighted by Crippen LogP contribution is -2.17. The largest absolute Gasteiger partial charge is 0.465 e. The van der Waals surface area contributed by atoms with E-state index in [1.165, 1.54) is 25.6 Å². The van der Waals surface area contributed by atoms with E-state index >= 15 is 0 Å². The van der Waals surface area contributed by atoms with Crippen LogP contribution in [0.2, 0.25) is 0 Å². The van der Waals surface area contributed by atoms with E-state index in [1.807, 2.05) is 6.92 Å². The van der Waals surface area contributed by atoms with Gasteiger partial charge < -0.3 is 14.8 Å². The second kappa shape index (κ2) is 8.79. The van der Waals surface area contributed by atoms with Gasteiger partial charge in [0, 0.05) is 24.1 Å². The van der Waals surface area contributed by atoms with Crippen molar-refractivity contribution in [3.8, 4) is 0 Å². The minimum Gasteiger partial charge on any atom is -0.465 e. The SMILES string of the molecule is C=C/C(F)=C\c1c(Nc2cnccc2C(=O)OC)nn(CC2CCCO2)c1C. The van der Waals surface area contributed by atoms with Gasteiger partial charge in [-0.1, -0.05) is 6.58 Å². The molecular formula is C20H23FN4O3. The molecule has 2 aromatic heterocycles. The first-order valence-electron chi connectivity index (χ1n) is 9.01. The number of rotatable bonds is 7. The number of methoxy groups -OCH3 is 1. The highest BCUT2D eigenvalue weighted by Crippen LogP contribution is 2.28. The third-order valence-electron chi connectivity index (χ3n) is 4.61. The Morgan fingerprint density at radius 3 is 3.07 bits per heavy atom. The van der Waals surface area contributed by atoms with Crippen LogP contribution >= 0.6 is 0 Å². The van der Waals surface area contributed by atoms with Gasteiger partial charge in [-0.25, -0.2) is 9.18 Å². The van der Waals surface area contributed by atoms with Crippen molar-refractivity contribution in [2.24, 2.45) is 0 Å². The van der Waals surface area contributed by atoms with Gasteiger partial charge in [-0.2, -0.15) is 5.10 Å². The normalized spacial score (nSPS) is 16.8. The van der Waals surface area contributed by atoms with Crippen LogP contribution in [0.3, 0.4) is 0 Å².